The van der Waals surface area contributed by atoms with Gasteiger partial charge in [0.15, 0.2) is 11.5 Å². The molecular weight excluding hydrogens is 424 g/mol. The standard InChI is InChI=1S/C25H22N2O4S/c1-30-24-16-8-11-20(17-26-27-32(28,29)22-13-3-2-4-14-22)25(24)31-18-21-12-7-10-19-9-5-6-15-23(19)21/h2-17,27H,18H2,1H3/b26-17+. The minimum atomic E-state index is -3.76. The van der Waals surface area contributed by atoms with Gasteiger partial charge in [-0.1, -0.05) is 66.7 Å². The molecule has 0 spiro atoms. The summed E-state index contributed by atoms with van der Waals surface area (Å²) in [5.41, 5.74) is 1.61. The molecule has 7 heteroatoms. The third-order valence-electron chi connectivity index (χ3n) is 4.91. The summed E-state index contributed by atoms with van der Waals surface area (Å²) in [7, 11) is -2.20. The summed E-state index contributed by atoms with van der Waals surface area (Å²) in [6.07, 6.45) is 1.40. The SMILES string of the molecule is COc1cccc(/C=N/NS(=O)(=O)c2ccccc2)c1OCc1cccc2ccccc12. The Kier molecular flexibility index (Phi) is 6.37. The normalized spacial score (nSPS) is 11.5. The van der Waals surface area contributed by atoms with Crippen LogP contribution >= 0.6 is 0 Å². The average Bonchev–Trinajstić information content (AvgIpc) is 2.83. The first-order valence-corrected chi connectivity index (χ1v) is 11.4. The van der Waals surface area contributed by atoms with Gasteiger partial charge >= 0.3 is 0 Å². The number of rotatable bonds is 8. The molecule has 0 bridgehead atoms. The summed E-state index contributed by atoms with van der Waals surface area (Å²) >= 11 is 0. The van der Waals surface area contributed by atoms with Crippen LogP contribution in [-0.2, 0) is 16.6 Å². The molecule has 0 unspecified atom stereocenters. The molecule has 0 radical (unpaired) electrons. The van der Waals surface area contributed by atoms with E-state index in [0.29, 0.717) is 23.7 Å². The zero-order valence-corrected chi connectivity index (χ0v) is 18.2. The fraction of sp³-hybridized carbons (Fsp3) is 0.0800. The molecule has 0 aliphatic rings. The third kappa shape index (κ3) is 4.73. The summed E-state index contributed by atoms with van der Waals surface area (Å²) in [4.78, 5) is 2.37. The average molecular weight is 447 g/mol. The van der Waals surface area contributed by atoms with E-state index in [2.05, 4.69) is 28.1 Å². The Labute approximate surface area is 187 Å². The lowest BCUT2D eigenvalue weighted by Crippen LogP contribution is -2.18. The van der Waals surface area contributed by atoms with Gasteiger partial charge in [0.05, 0.1) is 18.2 Å². The number of hydrazone groups is 1. The van der Waals surface area contributed by atoms with E-state index in [-0.39, 0.29) is 4.90 Å². The molecule has 0 saturated heterocycles. The summed E-state index contributed by atoms with van der Waals surface area (Å²) in [5, 5.41) is 6.17. The lowest BCUT2D eigenvalue weighted by molar-refractivity contribution is 0.285. The highest BCUT2D eigenvalue weighted by Gasteiger charge is 2.13. The minimum absolute atomic E-state index is 0.134. The van der Waals surface area contributed by atoms with Crippen molar-refractivity contribution < 1.29 is 17.9 Å². The first-order chi connectivity index (χ1) is 15.6. The third-order valence-corrected chi connectivity index (χ3v) is 6.15. The van der Waals surface area contributed by atoms with Crippen molar-refractivity contribution in [3.05, 3.63) is 102 Å². The van der Waals surface area contributed by atoms with Gasteiger partial charge in [-0.25, -0.2) is 4.83 Å². The van der Waals surface area contributed by atoms with E-state index in [1.54, 1.807) is 43.5 Å². The van der Waals surface area contributed by atoms with Crippen LogP contribution in [0.4, 0.5) is 0 Å². The van der Waals surface area contributed by atoms with Crippen molar-refractivity contribution in [1.82, 2.24) is 4.83 Å². The van der Waals surface area contributed by atoms with Gasteiger partial charge in [-0.3, -0.25) is 0 Å². The Morgan fingerprint density at radius 1 is 0.875 bits per heavy atom. The summed E-state index contributed by atoms with van der Waals surface area (Å²) < 4.78 is 36.3. The van der Waals surface area contributed by atoms with E-state index in [4.69, 9.17) is 9.47 Å². The maximum Gasteiger partial charge on any atom is 0.276 e. The number of hydrogen-bond donors (Lipinski definition) is 1. The first-order valence-electron chi connectivity index (χ1n) is 9.95. The highest BCUT2D eigenvalue weighted by atomic mass is 32.2. The number of fused-ring (bicyclic) bond motifs is 1. The maximum atomic E-state index is 12.4. The zero-order chi connectivity index (χ0) is 22.4. The lowest BCUT2D eigenvalue weighted by Gasteiger charge is -2.14. The van der Waals surface area contributed by atoms with Crippen molar-refractivity contribution in [2.75, 3.05) is 7.11 Å². The summed E-state index contributed by atoms with van der Waals surface area (Å²) in [5.74, 6) is 1.01. The van der Waals surface area contributed by atoms with Crippen molar-refractivity contribution in [3.8, 4) is 11.5 Å². The second kappa shape index (κ2) is 9.53. The number of para-hydroxylation sites is 1. The van der Waals surface area contributed by atoms with Gasteiger partial charge in [0.1, 0.15) is 6.61 Å². The number of methoxy groups -OCH3 is 1. The van der Waals surface area contributed by atoms with Crippen LogP contribution in [0, 0.1) is 0 Å². The number of hydrogen-bond acceptors (Lipinski definition) is 5. The first kappa shape index (κ1) is 21.4. The Balaban J connectivity index is 1.57. The minimum Gasteiger partial charge on any atom is -0.493 e. The molecule has 0 aliphatic heterocycles. The predicted octanol–water partition coefficient (Wildman–Crippen LogP) is 4.74. The second-order valence-corrected chi connectivity index (χ2v) is 8.63. The van der Waals surface area contributed by atoms with Crippen molar-refractivity contribution >= 4 is 27.0 Å². The quantitative estimate of drug-likeness (QED) is 0.313. The van der Waals surface area contributed by atoms with Gasteiger partial charge in [0, 0.05) is 5.56 Å². The van der Waals surface area contributed by atoms with E-state index < -0.39 is 10.0 Å². The van der Waals surface area contributed by atoms with Gasteiger partial charge < -0.3 is 9.47 Å². The van der Waals surface area contributed by atoms with Crippen LogP contribution < -0.4 is 14.3 Å². The Morgan fingerprint density at radius 2 is 1.59 bits per heavy atom. The lowest BCUT2D eigenvalue weighted by atomic mass is 10.1. The monoisotopic (exact) mass is 446 g/mol. The van der Waals surface area contributed by atoms with E-state index in [0.717, 1.165) is 16.3 Å². The van der Waals surface area contributed by atoms with Crippen LogP contribution in [0.1, 0.15) is 11.1 Å². The van der Waals surface area contributed by atoms with Crippen LogP contribution in [0.25, 0.3) is 10.8 Å². The molecular formula is C25H22N2O4S. The van der Waals surface area contributed by atoms with Crippen LogP contribution in [0.15, 0.2) is 101 Å². The molecule has 162 valence electrons. The highest BCUT2D eigenvalue weighted by Crippen LogP contribution is 2.31. The Morgan fingerprint density at radius 3 is 2.41 bits per heavy atom. The van der Waals surface area contributed by atoms with Gasteiger partial charge in [-0.05, 0) is 40.6 Å². The smallest absolute Gasteiger partial charge is 0.276 e. The number of nitrogens with one attached hydrogen (secondary N) is 1. The summed E-state index contributed by atoms with van der Waals surface area (Å²) in [6, 6.07) is 27.6. The molecule has 0 saturated carbocycles. The molecule has 0 atom stereocenters. The molecule has 0 aliphatic carbocycles. The molecule has 0 amide bonds. The molecule has 32 heavy (non-hydrogen) atoms. The van der Waals surface area contributed by atoms with Crippen LogP contribution in [0.5, 0.6) is 11.5 Å². The van der Waals surface area contributed by atoms with Crippen LogP contribution in [0.2, 0.25) is 0 Å². The number of ether oxygens (including phenoxy) is 2. The molecule has 4 rings (SSSR count). The number of sulfonamides is 1. The van der Waals surface area contributed by atoms with Gasteiger partial charge in [0.2, 0.25) is 0 Å². The van der Waals surface area contributed by atoms with E-state index in [9.17, 15) is 8.42 Å². The molecule has 0 aromatic heterocycles. The molecule has 6 nitrogen and oxygen atoms in total. The fourth-order valence-electron chi connectivity index (χ4n) is 3.34. The van der Waals surface area contributed by atoms with Gasteiger partial charge in [0.25, 0.3) is 10.0 Å². The zero-order valence-electron chi connectivity index (χ0n) is 17.4. The number of nitrogens with zero attached hydrogens (tertiary/aromatic N) is 1. The molecule has 0 heterocycles. The van der Waals surface area contributed by atoms with Crippen molar-refractivity contribution in [2.45, 2.75) is 11.5 Å². The molecule has 1 N–H and O–H groups in total. The molecule has 0 fully saturated rings. The van der Waals surface area contributed by atoms with Crippen LogP contribution in [-0.4, -0.2) is 21.7 Å². The van der Waals surface area contributed by atoms with Gasteiger partial charge in [-0.2, -0.15) is 13.5 Å². The fourth-order valence-corrected chi connectivity index (χ4v) is 4.15. The molecule has 4 aromatic carbocycles. The highest BCUT2D eigenvalue weighted by molar-refractivity contribution is 7.89. The van der Waals surface area contributed by atoms with E-state index in [1.165, 1.54) is 18.3 Å². The summed E-state index contributed by atoms with van der Waals surface area (Å²) in [6.45, 7) is 0.318. The van der Waals surface area contributed by atoms with Crippen molar-refractivity contribution in [1.29, 1.82) is 0 Å². The van der Waals surface area contributed by atoms with Gasteiger partial charge in [-0.15, -0.1) is 0 Å². The largest absolute Gasteiger partial charge is 0.493 e. The molecule has 4 aromatic rings. The second-order valence-electron chi connectivity index (χ2n) is 6.97. The van der Waals surface area contributed by atoms with Crippen molar-refractivity contribution in [2.24, 2.45) is 5.10 Å². The van der Waals surface area contributed by atoms with E-state index >= 15 is 0 Å². The predicted molar refractivity (Wildman–Crippen MR) is 126 cm³/mol. The Hall–Kier alpha value is -3.84. The Bertz CT molecular complexity index is 1350. The van der Waals surface area contributed by atoms with Crippen molar-refractivity contribution in [3.63, 3.8) is 0 Å². The van der Waals surface area contributed by atoms with Crippen LogP contribution in [0.3, 0.4) is 0 Å². The maximum absolute atomic E-state index is 12.4. The topological polar surface area (TPSA) is 77.0 Å². The number of benzene rings is 4. The van der Waals surface area contributed by atoms with E-state index in [1.807, 2.05) is 24.3 Å².